The molecule has 0 aromatic heterocycles. The minimum Gasteiger partial charge on any atom is -0.490 e. The summed E-state index contributed by atoms with van der Waals surface area (Å²) in [5, 5.41) is 0. The number of nitrogens with zero attached hydrogens (tertiary/aromatic N) is 1. The summed E-state index contributed by atoms with van der Waals surface area (Å²) in [4.78, 5) is 15.3. The molecular weight excluding hydrogens is 637 g/mol. The molecule has 1 amide bonds. The maximum atomic E-state index is 13.0. The van der Waals surface area contributed by atoms with Crippen LogP contribution in [0.4, 0.5) is 0 Å². The van der Waals surface area contributed by atoms with Gasteiger partial charge in [0.25, 0.3) is 5.91 Å². The second-order valence-electron chi connectivity index (χ2n) is 7.61. The first-order valence-electron chi connectivity index (χ1n) is 10.6. The lowest BCUT2D eigenvalue weighted by Crippen LogP contribution is -2.35. The highest BCUT2D eigenvalue weighted by atomic mass is 127. The largest absolute Gasteiger partial charge is 0.490 e. The van der Waals surface area contributed by atoms with Crippen LogP contribution in [0.1, 0.15) is 30.9 Å². The third-order valence-corrected chi connectivity index (χ3v) is 7.92. The fraction of sp³-hybridized carbons (Fsp3) is 0.333. The Morgan fingerprint density at radius 2 is 2.09 bits per heavy atom. The first kappa shape index (κ1) is 25.0. The van der Waals surface area contributed by atoms with Crippen molar-refractivity contribution in [1.29, 1.82) is 0 Å². The number of amides is 1. The van der Waals surface area contributed by atoms with E-state index in [4.69, 9.17) is 26.4 Å². The molecule has 2 aromatic rings. The third-order valence-electron chi connectivity index (χ3n) is 5.21. The van der Waals surface area contributed by atoms with Crippen LogP contribution in [0, 0.1) is 3.57 Å². The molecule has 0 unspecified atom stereocenters. The maximum absolute atomic E-state index is 13.0. The van der Waals surface area contributed by atoms with Gasteiger partial charge in [-0.2, -0.15) is 0 Å². The molecule has 2 aromatic carbocycles. The van der Waals surface area contributed by atoms with Crippen molar-refractivity contribution in [2.45, 2.75) is 32.5 Å². The summed E-state index contributed by atoms with van der Waals surface area (Å²) in [6, 6.07) is 11.9. The number of rotatable bonds is 8. The summed E-state index contributed by atoms with van der Waals surface area (Å²) >= 11 is 12.5. The van der Waals surface area contributed by atoms with Gasteiger partial charge in [0.2, 0.25) is 0 Å². The smallest absolute Gasteiger partial charge is 0.266 e. The number of benzene rings is 2. The molecule has 33 heavy (non-hydrogen) atoms. The van der Waals surface area contributed by atoms with Crippen molar-refractivity contribution in [3.8, 4) is 11.5 Å². The Morgan fingerprint density at radius 1 is 1.30 bits per heavy atom. The van der Waals surface area contributed by atoms with Gasteiger partial charge < -0.3 is 14.2 Å². The van der Waals surface area contributed by atoms with Gasteiger partial charge >= 0.3 is 0 Å². The van der Waals surface area contributed by atoms with E-state index in [0.29, 0.717) is 40.5 Å². The van der Waals surface area contributed by atoms with Crippen molar-refractivity contribution >= 4 is 78.8 Å². The monoisotopic (exact) mass is 659 g/mol. The Morgan fingerprint density at radius 3 is 2.79 bits per heavy atom. The van der Waals surface area contributed by atoms with Crippen molar-refractivity contribution in [2.75, 3.05) is 19.8 Å². The minimum absolute atomic E-state index is 0.0657. The summed E-state index contributed by atoms with van der Waals surface area (Å²) in [5.74, 6) is 1.29. The summed E-state index contributed by atoms with van der Waals surface area (Å²) in [5.41, 5.74) is 1.94. The van der Waals surface area contributed by atoms with Crippen LogP contribution in [0.2, 0.25) is 0 Å². The Hall–Kier alpha value is -1.14. The van der Waals surface area contributed by atoms with Gasteiger partial charge in [0, 0.05) is 11.1 Å². The van der Waals surface area contributed by atoms with Crippen LogP contribution in [0.25, 0.3) is 6.08 Å². The molecule has 4 rings (SSSR count). The zero-order valence-corrected chi connectivity index (χ0v) is 23.4. The first-order chi connectivity index (χ1) is 15.9. The molecule has 174 valence electrons. The van der Waals surface area contributed by atoms with E-state index in [2.05, 4.69) is 38.5 Å². The van der Waals surface area contributed by atoms with E-state index in [1.807, 2.05) is 49.4 Å². The molecule has 2 fully saturated rings. The molecule has 2 aliphatic rings. The average Bonchev–Trinajstić information content (AvgIpc) is 3.39. The van der Waals surface area contributed by atoms with Crippen LogP contribution in [0.15, 0.2) is 45.8 Å². The lowest BCUT2D eigenvalue weighted by atomic mass is 10.1. The fourth-order valence-corrected chi connectivity index (χ4v) is 5.93. The van der Waals surface area contributed by atoms with E-state index in [9.17, 15) is 4.79 Å². The zero-order valence-electron chi connectivity index (χ0n) is 18.0. The number of hydrogen-bond acceptors (Lipinski definition) is 6. The molecule has 0 N–H and O–H groups in total. The number of thioether (sulfide) groups is 1. The molecule has 0 aliphatic carbocycles. The van der Waals surface area contributed by atoms with Gasteiger partial charge in [-0.25, -0.2) is 0 Å². The molecule has 0 radical (unpaired) electrons. The summed E-state index contributed by atoms with van der Waals surface area (Å²) in [6.07, 6.45) is 3.94. The summed E-state index contributed by atoms with van der Waals surface area (Å²) < 4.78 is 20.2. The quantitative estimate of drug-likeness (QED) is 0.185. The Bertz CT molecular complexity index is 1070. The molecule has 0 bridgehead atoms. The number of carbonyl (C=O) groups is 1. The van der Waals surface area contributed by atoms with Crippen molar-refractivity contribution in [1.82, 2.24) is 4.90 Å². The molecule has 0 spiro atoms. The number of hydrogen-bond donors (Lipinski definition) is 0. The summed E-state index contributed by atoms with van der Waals surface area (Å²) in [6.45, 7) is 4.16. The summed E-state index contributed by atoms with van der Waals surface area (Å²) in [7, 11) is 0. The van der Waals surface area contributed by atoms with Crippen LogP contribution >= 0.6 is 62.5 Å². The van der Waals surface area contributed by atoms with E-state index in [1.54, 1.807) is 4.90 Å². The zero-order chi connectivity index (χ0) is 23.4. The van der Waals surface area contributed by atoms with Crippen molar-refractivity contribution in [3.05, 3.63) is 60.5 Å². The van der Waals surface area contributed by atoms with Crippen LogP contribution in [-0.4, -0.2) is 41.0 Å². The van der Waals surface area contributed by atoms with Crippen molar-refractivity contribution < 1.29 is 19.0 Å². The lowest BCUT2D eigenvalue weighted by Gasteiger charge is -2.18. The normalized spacial score (nSPS) is 19.5. The predicted octanol–water partition coefficient (Wildman–Crippen LogP) is 6.41. The Kier molecular flexibility index (Phi) is 8.72. The lowest BCUT2D eigenvalue weighted by molar-refractivity contribution is -0.123. The number of thiocarbonyl (C=S) groups is 1. The highest BCUT2D eigenvalue weighted by Crippen LogP contribution is 2.38. The van der Waals surface area contributed by atoms with Gasteiger partial charge in [-0.3, -0.25) is 9.69 Å². The topological polar surface area (TPSA) is 48.0 Å². The molecule has 5 nitrogen and oxygen atoms in total. The van der Waals surface area contributed by atoms with Crippen LogP contribution < -0.4 is 9.47 Å². The van der Waals surface area contributed by atoms with Gasteiger partial charge in [-0.1, -0.05) is 52.0 Å². The SMILES string of the molecule is CCOc1cc(/C=C2\SC(=S)N(C[C@H]3CCCO3)C2=O)cc(I)c1OCc1ccc(Br)cc1. The number of carbonyl (C=O) groups excluding carboxylic acids is 1. The first-order valence-corrected chi connectivity index (χ1v) is 13.7. The molecule has 0 saturated carbocycles. The Balaban J connectivity index is 1.52. The molecule has 2 aliphatic heterocycles. The van der Waals surface area contributed by atoms with E-state index in [1.165, 1.54) is 11.8 Å². The van der Waals surface area contributed by atoms with Gasteiger partial charge in [-0.15, -0.1) is 0 Å². The van der Waals surface area contributed by atoms with Gasteiger partial charge in [0.05, 0.1) is 27.7 Å². The minimum atomic E-state index is -0.0657. The standard InChI is InChI=1S/C24H23BrINO4S2/c1-2-29-20-11-16(10-19(26)22(20)31-14-15-5-7-17(25)8-6-15)12-21-23(28)27(24(32)33-21)13-18-4-3-9-30-18/h5-8,10-12,18H,2-4,9,13-14H2,1H3/b21-12-/t18-/m1/s1. The number of halogens is 2. The third kappa shape index (κ3) is 6.30. The maximum Gasteiger partial charge on any atom is 0.266 e. The van der Waals surface area contributed by atoms with Gasteiger partial charge in [0.1, 0.15) is 10.9 Å². The van der Waals surface area contributed by atoms with E-state index < -0.39 is 0 Å². The van der Waals surface area contributed by atoms with Crippen LogP contribution in [0.3, 0.4) is 0 Å². The number of ether oxygens (including phenoxy) is 3. The average molecular weight is 660 g/mol. The Labute approximate surface area is 225 Å². The van der Waals surface area contributed by atoms with Gasteiger partial charge in [-0.05, 0) is 83.8 Å². The van der Waals surface area contributed by atoms with Crippen molar-refractivity contribution in [2.24, 2.45) is 0 Å². The van der Waals surface area contributed by atoms with E-state index in [-0.39, 0.29) is 12.0 Å². The highest BCUT2D eigenvalue weighted by molar-refractivity contribution is 14.1. The predicted molar refractivity (Wildman–Crippen MR) is 148 cm³/mol. The van der Waals surface area contributed by atoms with Gasteiger partial charge in [0.15, 0.2) is 11.5 Å². The fourth-order valence-electron chi connectivity index (χ4n) is 3.61. The molecule has 9 heteroatoms. The molecule has 1 atom stereocenters. The van der Waals surface area contributed by atoms with Crippen LogP contribution in [-0.2, 0) is 16.1 Å². The second kappa shape index (κ2) is 11.5. The second-order valence-corrected chi connectivity index (χ2v) is 11.4. The molecular formula is C24H23BrINO4S2. The van der Waals surface area contributed by atoms with E-state index >= 15 is 0 Å². The highest BCUT2D eigenvalue weighted by Gasteiger charge is 2.34. The van der Waals surface area contributed by atoms with E-state index in [0.717, 1.165) is 38.6 Å². The van der Waals surface area contributed by atoms with Crippen LogP contribution in [0.5, 0.6) is 11.5 Å². The van der Waals surface area contributed by atoms with Crippen molar-refractivity contribution in [3.63, 3.8) is 0 Å². The molecule has 2 saturated heterocycles. The molecule has 2 heterocycles.